The van der Waals surface area contributed by atoms with Crippen molar-refractivity contribution in [1.29, 1.82) is 0 Å². The molecule has 1 aromatic carbocycles. The fourth-order valence-electron chi connectivity index (χ4n) is 1.62. The average molecular weight is 353 g/mol. The molecular weight excluding hydrogens is 339 g/mol. The minimum absolute atomic E-state index is 0.0611. The van der Waals surface area contributed by atoms with Gasteiger partial charge in [-0.05, 0) is 18.9 Å². The molecule has 0 saturated heterocycles. The van der Waals surface area contributed by atoms with E-state index in [2.05, 4.69) is 5.32 Å². The van der Waals surface area contributed by atoms with Crippen LogP contribution in [-0.4, -0.2) is 27.0 Å². The zero-order chi connectivity index (χ0) is 15.6. The van der Waals surface area contributed by atoms with Crippen LogP contribution in [-0.2, 0) is 14.8 Å². The van der Waals surface area contributed by atoms with Crippen LogP contribution in [0.2, 0.25) is 10.0 Å². The summed E-state index contributed by atoms with van der Waals surface area (Å²) in [7, 11) is -3.95. The van der Waals surface area contributed by atoms with Gasteiger partial charge in [-0.3, -0.25) is 4.79 Å². The van der Waals surface area contributed by atoms with E-state index in [9.17, 15) is 13.2 Å². The summed E-state index contributed by atoms with van der Waals surface area (Å²) in [6, 6.07) is 2.69. The van der Waals surface area contributed by atoms with Crippen molar-refractivity contribution in [2.24, 2.45) is 5.14 Å². The molecule has 0 bridgehead atoms. The van der Waals surface area contributed by atoms with Crippen molar-refractivity contribution in [2.45, 2.75) is 30.2 Å². The average Bonchev–Trinajstić information content (AvgIpc) is 3.15. The summed E-state index contributed by atoms with van der Waals surface area (Å²) in [5.41, 5.74) is 0. The van der Waals surface area contributed by atoms with E-state index in [-0.39, 0.29) is 39.6 Å². The zero-order valence-corrected chi connectivity index (χ0v) is 13.3. The van der Waals surface area contributed by atoms with Crippen molar-refractivity contribution in [1.82, 2.24) is 5.32 Å². The third-order valence-corrected chi connectivity index (χ3v) is 4.49. The number of carbonyl (C=O) groups is 1. The fourth-order valence-corrected chi connectivity index (χ4v) is 2.99. The van der Waals surface area contributed by atoms with E-state index >= 15 is 0 Å². The zero-order valence-electron chi connectivity index (χ0n) is 10.9. The van der Waals surface area contributed by atoms with Gasteiger partial charge in [0.25, 0.3) is 0 Å². The topological polar surface area (TPSA) is 98.5 Å². The second-order valence-corrected chi connectivity index (χ2v) is 7.04. The molecule has 2 rings (SSSR count). The first-order valence-electron chi connectivity index (χ1n) is 6.21. The van der Waals surface area contributed by atoms with Gasteiger partial charge in [0.1, 0.15) is 10.6 Å². The van der Waals surface area contributed by atoms with Crippen LogP contribution < -0.4 is 15.2 Å². The molecule has 0 radical (unpaired) electrons. The van der Waals surface area contributed by atoms with Gasteiger partial charge in [-0.25, -0.2) is 13.6 Å². The Morgan fingerprint density at radius 1 is 1.33 bits per heavy atom. The number of carbonyl (C=O) groups excluding carboxylic acids is 1. The monoisotopic (exact) mass is 352 g/mol. The van der Waals surface area contributed by atoms with Crippen LogP contribution in [0.4, 0.5) is 0 Å². The highest BCUT2D eigenvalue weighted by Gasteiger charge is 2.23. The van der Waals surface area contributed by atoms with Gasteiger partial charge >= 0.3 is 0 Å². The number of nitrogens with one attached hydrogen (secondary N) is 1. The first-order valence-corrected chi connectivity index (χ1v) is 8.51. The van der Waals surface area contributed by atoms with E-state index in [4.69, 9.17) is 33.1 Å². The van der Waals surface area contributed by atoms with Crippen LogP contribution in [0.1, 0.15) is 19.3 Å². The van der Waals surface area contributed by atoms with Crippen molar-refractivity contribution in [2.75, 3.05) is 6.61 Å². The number of halogens is 2. The second-order valence-electron chi connectivity index (χ2n) is 4.70. The molecule has 6 nitrogen and oxygen atoms in total. The van der Waals surface area contributed by atoms with Crippen molar-refractivity contribution in [3.63, 3.8) is 0 Å². The molecule has 0 spiro atoms. The minimum atomic E-state index is -3.95. The maximum absolute atomic E-state index is 11.5. The number of ether oxygens (including phenoxy) is 1. The number of primary sulfonamides is 1. The molecule has 1 amide bonds. The number of nitrogens with two attached hydrogens (primary N) is 1. The number of hydrogen-bond acceptors (Lipinski definition) is 4. The summed E-state index contributed by atoms with van der Waals surface area (Å²) < 4.78 is 27.9. The number of amides is 1. The van der Waals surface area contributed by atoms with Crippen LogP contribution in [0.25, 0.3) is 0 Å². The van der Waals surface area contributed by atoms with Gasteiger partial charge in [0.2, 0.25) is 15.9 Å². The van der Waals surface area contributed by atoms with Gasteiger partial charge in [0, 0.05) is 12.1 Å². The minimum Gasteiger partial charge on any atom is -0.491 e. The summed E-state index contributed by atoms with van der Waals surface area (Å²) in [4.78, 5) is 11.2. The molecule has 1 fully saturated rings. The van der Waals surface area contributed by atoms with Crippen LogP contribution in [0, 0.1) is 0 Å². The van der Waals surface area contributed by atoms with Gasteiger partial charge in [-0.1, -0.05) is 23.2 Å². The third-order valence-electron chi connectivity index (χ3n) is 2.82. The number of rotatable bonds is 6. The highest BCUT2D eigenvalue weighted by Crippen LogP contribution is 2.33. The number of sulfonamides is 1. The number of hydrogen-bond donors (Lipinski definition) is 2. The van der Waals surface area contributed by atoms with Crippen molar-refractivity contribution in [3.8, 4) is 5.75 Å². The van der Waals surface area contributed by atoms with E-state index in [1.807, 2.05) is 0 Å². The molecule has 0 unspecified atom stereocenters. The van der Waals surface area contributed by atoms with E-state index in [1.54, 1.807) is 0 Å². The molecule has 0 heterocycles. The summed E-state index contributed by atoms with van der Waals surface area (Å²) in [5.74, 6) is 0.106. The standard InChI is InChI=1S/C12H14Cl2N2O4S/c13-8-6-11(21(15,18)19)9(14)5-10(8)20-4-3-12(17)16-7-1-2-7/h5-7H,1-4H2,(H,16,17)(H2,15,18,19). The second kappa shape index (κ2) is 6.39. The quantitative estimate of drug-likeness (QED) is 0.813. The molecule has 116 valence electrons. The summed E-state index contributed by atoms with van der Waals surface area (Å²) in [6.07, 6.45) is 2.22. The van der Waals surface area contributed by atoms with Crippen molar-refractivity contribution in [3.05, 3.63) is 22.2 Å². The van der Waals surface area contributed by atoms with Crippen molar-refractivity contribution < 1.29 is 17.9 Å². The molecule has 0 atom stereocenters. The Labute approximate surface area is 132 Å². The smallest absolute Gasteiger partial charge is 0.239 e. The van der Waals surface area contributed by atoms with E-state index < -0.39 is 10.0 Å². The predicted molar refractivity (Wildman–Crippen MR) is 79.1 cm³/mol. The Bertz CT molecular complexity index is 659. The Balaban J connectivity index is 1.97. The molecule has 9 heteroatoms. The Morgan fingerprint density at radius 2 is 2.00 bits per heavy atom. The first-order chi connectivity index (χ1) is 9.77. The molecule has 1 aliphatic carbocycles. The Morgan fingerprint density at radius 3 is 2.57 bits per heavy atom. The summed E-state index contributed by atoms with van der Waals surface area (Å²) >= 11 is 11.7. The fraction of sp³-hybridized carbons (Fsp3) is 0.417. The third kappa shape index (κ3) is 4.74. The predicted octanol–water partition coefficient (Wildman–Crippen LogP) is 1.69. The van der Waals surface area contributed by atoms with Crippen molar-refractivity contribution >= 4 is 39.1 Å². The van der Waals surface area contributed by atoms with Crippen LogP contribution >= 0.6 is 23.2 Å². The van der Waals surface area contributed by atoms with E-state index in [0.717, 1.165) is 18.9 Å². The molecule has 21 heavy (non-hydrogen) atoms. The van der Waals surface area contributed by atoms with Crippen LogP contribution in [0.5, 0.6) is 5.75 Å². The Kier molecular flexibility index (Phi) is 4.98. The SMILES string of the molecule is NS(=O)(=O)c1cc(Cl)c(OCCC(=O)NC2CC2)cc1Cl. The molecule has 1 saturated carbocycles. The molecule has 0 aromatic heterocycles. The van der Waals surface area contributed by atoms with E-state index in [0.29, 0.717) is 6.04 Å². The molecule has 1 aliphatic rings. The maximum atomic E-state index is 11.5. The molecule has 1 aromatic rings. The highest BCUT2D eigenvalue weighted by molar-refractivity contribution is 7.89. The normalized spacial score (nSPS) is 14.8. The summed E-state index contributed by atoms with van der Waals surface area (Å²) in [6.45, 7) is 0.114. The van der Waals surface area contributed by atoms with Gasteiger partial charge in [-0.15, -0.1) is 0 Å². The lowest BCUT2D eigenvalue weighted by Crippen LogP contribution is -2.26. The van der Waals surface area contributed by atoms with Gasteiger partial charge in [-0.2, -0.15) is 0 Å². The lowest BCUT2D eigenvalue weighted by molar-refractivity contribution is -0.121. The Hall–Kier alpha value is -1.02. The highest BCUT2D eigenvalue weighted by atomic mass is 35.5. The molecule has 0 aliphatic heterocycles. The molecular formula is C12H14Cl2N2O4S. The van der Waals surface area contributed by atoms with E-state index in [1.165, 1.54) is 6.07 Å². The number of benzene rings is 1. The van der Waals surface area contributed by atoms with Gasteiger partial charge in [0.05, 0.1) is 23.1 Å². The maximum Gasteiger partial charge on any atom is 0.239 e. The lowest BCUT2D eigenvalue weighted by Gasteiger charge is -2.10. The summed E-state index contributed by atoms with van der Waals surface area (Å²) in [5, 5.41) is 7.80. The van der Waals surface area contributed by atoms with Gasteiger partial charge in [0.15, 0.2) is 0 Å². The van der Waals surface area contributed by atoms with Crippen LogP contribution in [0.15, 0.2) is 17.0 Å². The first kappa shape index (κ1) is 16.4. The lowest BCUT2D eigenvalue weighted by atomic mass is 10.3. The molecule has 3 N–H and O–H groups in total. The largest absolute Gasteiger partial charge is 0.491 e. The van der Waals surface area contributed by atoms with Crippen LogP contribution in [0.3, 0.4) is 0 Å². The van der Waals surface area contributed by atoms with Gasteiger partial charge < -0.3 is 10.1 Å².